The zero-order chi connectivity index (χ0) is 11.7. The van der Waals surface area contributed by atoms with Crippen LogP contribution < -0.4 is 5.73 Å². The van der Waals surface area contributed by atoms with E-state index in [9.17, 15) is 4.39 Å². The van der Waals surface area contributed by atoms with E-state index in [1.165, 1.54) is 12.1 Å². The SMILES string of the molecule is Cc1onc(-c2ccc(F)cc2)c1C(N)=S. The van der Waals surface area contributed by atoms with Crippen molar-refractivity contribution in [2.45, 2.75) is 6.92 Å². The molecule has 0 amide bonds. The Kier molecular flexibility index (Phi) is 2.70. The van der Waals surface area contributed by atoms with E-state index < -0.39 is 0 Å². The summed E-state index contributed by atoms with van der Waals surface area (Å²) in [5.41, 5.74) is 7.45. The average Bonchev–Trinajstić information content (AvgIpc) is 2.61. The maximum absolute atomic E-state index is 12.8. The van der Waals surface area contributed by atoms with Gasteiger partial charge in [-0.1, -0.05) is 17.4 Å². The molecule has 0 fully saturated rings. The molecule has 0 aliphatic heterocycles. The molecular formula is C11H9FN2OS. The highest BCUT2D eigenvalue weighted by atomic mass is 32.1. The smallest absolute Gasteiger partial charge is 0.144 e. The summed E-state index contributed by atoms with van der Waals surface area (Å²) in [6.45, 7) is 1.73. The van der Waals surface area contributed by atoms with Gasteiger partial charge in [0.1, 0.15) is 22.3 Å². The van der Waals surface area contributed by atoms with Gasteiger partial charge >= 0.3 is 0 Å². The van der Waals surface area contributed by atoms with Gasteiger partial charge in [0.25, 0.3) is 0 Å². The lowest BCUT2D eigenvalue weighted by molar-refractivity contribution is 0.399. The van der Waals surface area contributed by atoms with Crippen LogP contribution in [0.25, 0.3) is 11.3 Å². The maximum atomic E-state index is 12.8. The van der Waals surface area contributed by atoms with E-state index in [1.54, 1.807) is 19.1 Å². The van der Waals surface area contributed by atoms with Crippen LogP contribution in [-0.2, 0) is 0 Å². The fourth-order valence-corrected chi connectivity index (χ4v) is 1.71. The molecular weight excluding hydrogens is 227 g/mol. The molecule has 0 aliphatic carbocycles. The van der Waals surface area contributed by atoms with Gasteiger partial charge in [-0.25, -0.2) is 4.39 Å². The summed E-state index contributed by atoms with van der Waals surface area (Å²) in [5, 5.41) is 3.87. The van der Waals surface area contributed by atoms with E-state index in [-0.39, 0.29) is 10.8 Å². The molecule has 0 bridgehead atoms. The van der Waals surface area contributed by atoms with Crippen LogP contribution in [0, 0.1) is 12.7 Å². The van der Waals surface area contributed by atoms with Gasteiger partial charge < -0.3 is 10.3 Å². The average molecular weight is 236 g/mol. The van der Waals surface area contributed by atoms with Crippen molar-refractivity contribution < 1.29 is 8.91 Å². The molecule has 2 N–H and O–H groups in total. The summed E-state index contributed by atoms with van der Waals surface area (Å²) < 4.78 is 17.8. The van der Waals surface area contributed by atoms with Crippen LogP contribution in [0.4, 0.5) is 4.39 Å². The Morgan fingerprint density at radius 3 is 2.56 bits per heavy atom. The number of nitrogens with two attached hydrogens (primary N) is 1. The molecule has 0 radical (unpaired) electrons. The number of aryl methyl sites for hydroxylation is 1. The maximum Gasteiger partial charge on any atom is 0.144 e. The summed E-state index contributed by atoms with van der Waals surface area (Å²) in [5.74, 6) is 0.257. The van der Waals surface area contributed by atoms with Gasteiger partial charge in [0.2, 0.25) is 0 Å². The molecule has 5 heteroatoms. The largest absolute Gasteiger partial charge is 0.389 e. The standard InChI is InChI=1S/C11H9FN2OS/c1-6-9(11(13)16)10(14-15-6)7-2-4-8(12)5-3-7/h2-5H,1H3,(H2,13,16). The molecule has 2 rings (SSSR count). The van der Waals surface area contributed by atoms with E-state index in [2.05, 4.69) is 5.16 Å². The minimum absolute atomic E-state index is 0.220. The number of benzene rings is 1. The van der Waals surface area contributed by atoms with Crippen molar-refractivity contribution >= 4 is 17.2 Å². The van der Waals surface area contributed by atoms with Gasteiger partial charge in [0.05, 0.1) is 5.56 Å². The quantitative estimate of drug-likeness (QED) is 0.813. The Labute approximate surface area is 97.0 Å². The molecule has 0 aliphatic rings. The van der Waals surface area contributed by atoms with Gasteiger partial charge in [0.15, 0.2) is 0 Å². The fraction of sp³-hybridized carbons (Fsp3) is 0.0909. The molecule has 82 valence electrons. The minimum atomic E-state index is -0.305. The molecule has 0 saturated carbocycles. The first-order valence-electron chi connectivity index (χ1n) is 4.61. The topological polar surface area (TPSA) is 52.0 Å². The van der Waals surface area contributed by atoms with Crippen molar-refractivity contribution in [1.29, 1.82) is 0 Å². The first kappa shape index (κ1) is 10.8. The molecule has 0 atom stereocenters. The predicted octanol–water partition coefficient (Wildman–Crippen LogP) is 2.42. The first-order chi connectivity index (χ1) is 7.59. The van der Waals surface area contributed by atoms with Gasteiger partial charge in [0, 0.05) is 5.56 Å². The van der Waals surface area contributed by atoms with Crippen LogP contribution in [0.3, 0.4) is 0 Å². The lowest BCUT2D eigenvalue weighted by Crippen LogP contribution is -2.11. The van der Waals surface area contributed by atoms with Crippen molar-refractivity contribution in [3.05, 3.63) is 41.4 Å². The number of hydrogen-bond acceptors (Lipinski definition) is 3. The molecule has 0 saturated heterocycles. The van der Waals surface area contributed by atoms with Gasteiger partial charge in [-0.15, -0.1) is 0 Å². The van der Waals surface area contributed by atoms with Crippen LogP contribution in [0.2, 0.25) is 0 Å². The molecule has 16 heavy (non-hydrogen) atoms. The van der Waals surface area contributed by atoms with Crippen molar-refractivity contribution in [3.8, 4) is 11.3 Å². The zero-order valence-corrected chi connectivity index (χ0v) is 9.34. The zero-order valence-electron chi connectivity index (χ0n) is 8.53. The summed E-state index contributed by atoms with van der Waals surface area (Å²) in [6, 6.07) is 5.91. The number of rotatable bonds is 2. The monoisotopic (exact) mass is 236 g/mol. The van der Waals surface area contributed by atoms with Gasteiger partial charge in [-0.2, -0.15) is 0 Å². The molecule has 1 aromatic heterocycles. The van der Waals surface area contributed by atoms with Gasteiger partial charge in [-0.3, -0.25) is 0 Å². The second-order valence-electron chi connectivity index (χ2n) is 3.33. The van der Waals surface area contributed by atoms with Crippen LogP contribution in [0.1, 0.15) is 11.3 Å². The summed E-state index contributed by atoms with van der Waals surface area (Å²) in [4.78, 5) is 0.220. The normalized spacial score (nSPS) is 10.4. The fourth-order valence-electron chi connectivity index (χ4n) is 1.47. The Bertz CT molecular complexity index is 533. The predicted molar refractivity (Wildman–Crippen MR) is 62.5 cm³/mol. The van der Waals surface area contributed by atoms with Gasteiger partial charge in [-0.05, 0) is 31.2 Å². The Balaban J connectivity index is 2.56. The summed E-state index contributed by atoms with van der Waals surface area (Å²) in [7, 11) is 0. The molecule has 3 nitrogen and oxygen atoms in total. The first-order valence-corrected chi connectivity index (χ1v) is 5.02. The highest BCUT2D eigenvalue weighted by Gasteiger charge is 2.16. The number of halogens is 1. The highest BCUT2D eigenvalue weighted by Crippen LogP contribution is 2.25. The van der Waals surface area contributed by atoms with E-state index in [0.717, 1.165) is 5.56 Å². The van der Waals surface area contributed by atoms with Crippen LogP contribution in [0.15, 0.2) is 28.8 Å². The van der Waals surface area contributed by atoms with Crippen molar-refractivity contribution in [3.63, 3.8) is 0 Å². The lowest BCUT2D eigenvalue weighted by atomic mass is 10.1. The van der Waals surface area contributed by atoms with Crippen LogP contribution in [0.5, 0.6) is 0 Å². The van der Waals surface area contributed by atoms with Crippen molar-refractivity contribution in [1.82, 2.24) is 5.16 Å². The lowest BCUT2D eigenvalue weighted by Gasteiger charge is -1.99. The Hall–Kier alpha value is -1.75. The molecule has 0 unspecified atom stereocenters. The highest BCUT2D eigenvalue weighted by molar-refractivity contribution is 7.80. The third-order valence-electron chi connectivity index (χ3n) is 2.23. The Morgan fingerprint density at radius 1 is 1.38 bits per heavy atom. The molecule has 2 aromatic rings. The number of aromatic nitrogens is 1. The second-order valence-corrected chi connectivity index (χ2v) is 3.77. The Morgan fingerprint density at radius 2 is 2.00 bits per heavy atom. The number of nitrogens with zero attached hydrogens (tertiary/aromatic N) is 1. The molecule has 1 heterocycles. The van der Waals surface area contributed by atoms with Crippen LogP contribution in [-0.4, -0.2) is 10.1 Å². The van der Waals surface area contributed by atoms with E-state index in [1.807, 2.05) is 0 Å². The number of thiocarbonyl (C=S) groups is 1. The second kappa shape index (κ2) is 4.02. The molecule has 0 spiro atoms. The van der Waals surface area contributed by atoms with E-state index in [4.69, 9.17) is 22.5 Å². The van der Waals surface area contributed by atoms with E-state index >= 15 is 0 Å². The summed E-state index contributed by atoms with van der Waals surface area (Å²) in [6.07, 6.45) is 0. The molecule has 1 aromatic carbocycles. The van der Waals surface area contributed by atoms with E-state index in [0.29, 0.717) is 17.0 Å². The van der Waals surface area contributed by atoms with Crippen molar-refractivity contribution in [2.75, 3.05) is 0 Å². The third-order valence-corrected chi connectivity index (χ3v) is 2.43. The summed E-state index contributed by atoms with van der Waals surface area (Å²) >= 11 is 4.92. The van der Waals surface area contributed by atoms with Crippen LogP contribution >= 0.6 is 12.2 Å². The minimum Gasteiger partial charge on any atom is -0.389 e. The third kappa shape index (κ3) is 1.81. The number of hydrogen-bond donors (Lipinski definition) is 1. The van der Waals surface area contributed by atoms with Crippen molar-refractivity contribution in [2.24, 2.45) is 5.73 Å².